The van der Waals surface area contributed by atoms with Crippen molar-refractivity contribution in [2.45, 2.75) is 39.7 Å². The molecule has 1 atom stereocenters. The second-order valence-electron chi connectivity index (χ2n) is 7.53. The van der Waals surface area contributed by atoms with E-state index in [1.165, 1.54) is 7.11 Å². The van der Waals surface area contributed by atoms with Crippen molar-refractivity contribution in [1.82, 2.24) is 15.1 Å². The number of nitrogens with zero attached hydrogens (tertiary/aromatic N) is 2. The van der Waals surface area contributed by atoms with Gasteiger partial charge in [0.05, 0.1) is 37.4 Å². The van der Waals surface area contributed by atoms with Crippen LogP contribution < -0.4 is 5.32 Å². The highest BCUT2D eigenvalue weighted by Gasteiger charge is 2.21. The highest BCUT2D eigenvalue weighted by Crippen LogP contribution is 2.22. The summed E-state index contributed by atoms with van der Waals surface area (Å²) in [6.07, 6.45) is 0.224. The van der Waals surface area contributed by atoms with Gasteiger partial charge in [-0.3, -0.25) is 9.59 Å². The van der Waals surface area contributed by atoms with Gasteiger partial charge >= 0.3 is 5.97 Å². The number of amides is 1. The number of esters is 1. The molecule has 0 saturated heterocycles. The molecule has 7 heteroatoms. The summed E-state index contributed by atoms with van der Waals surface area (Å²) >= 11 is 5.98. The van der Waals surface area contributed by atoms with Crippen LogP contribution in [0.3, 0.4) is 0 Å². The van der Waals surface area contributed by atoms with Crippen molar-refractivity contribution < 1.29 is 14.3 Å². The Morgan fingerprint density at radius 3 is 2.32 bits per heavy atom. The number of ether oxygens (including phenoxy) is 1. The summed E-state index contributed by atoms with van der Waals surface area (Å²) in [4.78, 5) is 24.8. The Bertz CT molecular complexity index is 1070. The maximum absolute atomic E-state index is 12.9. The molecule has 0 bridgehead atoms. The minimum absolute atomic E-state index is 0.0628. The Morgan fingerprint density at radius 2 is 1.71 bits per heavy atom. The minimum atomic E-state index is -0.465. The van der Waals surface area contributed by atoms with E-state index in [9.17, 15) is 9.59 Å². The van der Waals surface area contributed by atoms with E-state index >= 15 is 0 Å². The van der Waals surface area contributed by atoms with Crippen LogP contribution in [0.25, 0.3) is 5.69 Å². The Hall–Kier alpha value is -3.12. The first-order chi connectivity index (χ1) is 14.8. The summed E-state index contributed by atoms with van der Waals surface area (Å²) in [6.45, 7) is 5.80. The van der Waals surface area contributed by atoms with Crippen LogP contribution >= 0.6 is 11.6 Å². The predicted molar refractivity (Wildman–Crippen MR) is 120 cm³/mol. The first kappa shape index (κ1) is 22.6. The second-order valence-corrected chi connectivity index (χ2v) is 7.96. The lowest BCUT2D eigenvalue weighted by molar-refractivity contribution is -0.141. The van der Waals surface area contributed by atoms with E-state index in [2.05, 4.69) is 10.4 Å². The molecule has 1 unspecified atom stereocenters. The number of halogens is 1. The molecule has 31 heavy (non-hydrogen) atoms. The monoisotopic (exact) mass is 439 g/mol. The lowest BCUT2D eigenvalue weighted by atomic mass is 10.0. The molecule has 0 aliphatic heterocycles. The molecule has 1 N–H and O–H groups in total. The van der Waals surface area contributed by atoms with Gasteiger partial charge in [-0.05, 0) is 50.6 Å². The molecule has 0 radical (unpaired) electrons. The zero-order valence-electron chi connectivity index (χ0n) is 18.1. The summed E-state index contributed by atoms with van der Waals surface area (Å²) in [5, 5.41) is 8.23. The number of carbonyl (C=O) groups excluding carboxylic acids is 2. The molecule has 2 aromatic carbocycles. The molecule has 3 aromatic rings. The van der Waals surface area contributed by atoms with E-state index < -0.39 is 6.04 Å². The fourth-order valence-corrected chi connectivity index (χ4v) is 3.60. The highest BCUT2D eigenvalue weighted by atomic mass is 35.5. The zero-order valence-corrected chi connectivity index (χ0v) is 18.9. The second kappa shape index (κ2) is 9.79. The maximum Gasteiger partial charge on any atom is 0.307 e. The van der Waals surface area contributed by atoms with Gasteiger partial charge in [0.1, 0.15) is 0 Å². The molecular formula is C24H26ClN3O3. The molecular weight excluding hydrogens is 414 g/mol. The molecule has 0 fully saturated rings. The smallest absolute Gasteiger partial charge is 0.307 e. The SMILES string of the molecule is COC(=O)CC(NC(=O)Cc1c(C)nn(-c2ccc(Cl)cc2)c1C)c1ccc(C)cc1. The Balaban J connectivity index is 1.80. The Morgan fingerprint density at radius 1 is 1.06 bits per heavy atom. The van der Waals surface area contributed by atoms with Crippen molar-refractivity contribution in [3.63, 3.8) is 0 Å². The normalized spacial score (nSPS) is 11.8. The van der Waals surface area contributed by atoms with Crippen LogP contribution in [0, 0.1) is 20.8 Å². The molecule has 3 rings (SSSR count). The van der Waals surface area contributed by atoms with Crippen LogP contribution in [0.4, 0.5) is 0 Å². The van der Waals surface area contributed by atoms with Crippen LogP contribution in [0.2, 0.25) is 5.02 Å². The Kier molecular flexibility index (Phi) is 7.13. The fourth-order valence-electron chi connectivity index (χ4n) is 3.47. The maximum atomic E-state index is 12.9. The van der Waals surface area contributed by atoms with Crippen molar-refractivity contribution in [3.05, 3.63) is 81.6 Å². The minimum Gasteiger partial charge on any atom is -0.469 e. The van der Waals surface area contributed by atoms with Crippen molar-refractivity contribution in [2.75, 3.05) is 7.11 Å². The number of aromatic nitrogens is 2. The van der Waals surface area contributed by atoms with E-state index in [1.54, 1.807) is 16.8 Å². The standard InChI is InChI=1S/C24H26ClN3O3/c1-15-5-7-18(8-6-15)22(14-24(30)31-4)26-23(29)13-21-16(2)27-28(17(21)3)20-11-9-19(25)10-12-20/h5-12,22H,13-14H2,1-4H3,(H,26,29). The van der Waals surface area contributed by atoms with Gasteiger partial charge in [0, 0.05) is 16.3 Å². The number of nitrogens with one attached hydrogen (secondary N) is 1. The predicted octanol–water partition coefficient (Wildman–Crippen LogP) is 4.41. The van der Waals surface area contributed by atoms with Crippen LogP contribution in [-0.2, 0) is 20.7 Å². The van der Waals surface area contributed by atoms with Gasteiger partial charge in [0.2, 0.25) is 5.91 Å². The lowest BCUT2D eigenvalue weighted by Gasteiger charge is -2.18. The molecule has 0 spiro atoms. The molecule has 0 aliphatic carbocycles. The summed E-state index contributed by atoms with van der Waals surface area (Å²) < 4.78 is 6.62. The van der Waals surface area contributed by atoms with Crippen molar-refractivity contribution in [2.24, 2.45) is 0 Å². The van der Waals surface area contributed by atoms with Gasteiger partial charge in [0.15, 0.2) is 0 Å². The zero-order chi connectivity index (χ0) is 22.5. The summed E-state index contributed by atoms with van der Waals surface area (Å²) in [5.74, 6) is -0.565. The quantitative estimate of drug-likeness (QED) is 0.553. The van der Waals surface area contributed by atoms with Gasteiger partial charge in [-0.25, -0.2) is 4.68 Å². The Labute approximate surface area is 187 Å². The van der Waals surface area contributed by atoms with E-state index in [0.717, 1.165) is 33.8 Å². The topological polar surface area (TPSA) is 73.2 Å². The molecule has 0 saturated carbocycles. The third-order valence-electron chi connectivity index (χ3n) is 5.26. The first-order valence-electron chi connectivity index (χ1n) is 10.0. The summed E-state index contributed by atoms with van der Waals surface area (Å²) in [5.41, 5.74) is 5.35. The van der Waals surface area contributed by atoms with E-state index in [-0.39, 0.29) is 24.7 Å². The number of methoxy groups -OCH3 is 1. The highest BCUT2D eigenvalue weighted by molar-refractivity contribution is 6.30. The fraction of sp³-hybridized carbons (Fsp3) is 0.292. The van der Waals surface area contributed by atoms with Crippen LogP contribution in [0.15, 0.2) is 48.5 Å². The number of carbonyl (C=O) groups is 2. The van der Waals surface area contributed by atoms with Crippen molar-refractivity contribution >= 4 is 23.5 Å². The van der Waals surface area contributed by atoms with Gasteiger partial charge in [0.25, 0.3) is 0 Å². The van der Waals surface area contributed by atoms with E-state index in [0.29, 0.717) is 5.02 Å². The van der Waals surface area contributed by atoms with Crippen LogP contribution in [-0.4, -0.2) is 28.8 Å². The van der Waals surface area contributed by atoms with Crippen molar-refractivity contribution in [1.29, 1.82) is 0 Å². The van der Waals surface area contributed by atoms with Crippen LogP contribution in [0.1, 0.15) is 40.5 Å². The molecule has 162 valence electrons. The van der Waals surface area contributed by atoms with Crippen molar-refractivity contribution in [3.8, 4) is 5.69 Å². The largest absolute Gasteiger partial charge is 0.469 e. The van der Waals surface area contributed by atoms with E-state index in [4.69, 9.17) is 16.3 Å². The molecule has 1 heterocycles. The molecule has 1 amide bonds. The van der Waals surface area contributed by atoms with Gasteiger partial charge in [-0.2, -0.15) is 5.10 Å². The number of hydrogen-bond donors (Lipinski definition) is 1. The van der Waals surface area contributed by atoms with E-state index in [1.807, 2.05) is 57.2 Å². The first-order valence-corrected chi connectivity index (χ1v) is 10.4. The average molecular weight is 440 g/mol. The lowest BCUT2D eigenvalue weighted by Crippen LogP contribution is -2.31. The number of aryl methyl sites for hydroxylation is 2. The van der Waals surface area contributed by atoms with Gasteiger partial charge < -0.3 is 10.1 Å². The summed E-state index contributed by atoms with van der Waals surface area (Å²) in [7, 11) is 1.34. The third-order valence-corrected chi connectivity index (χ3v) is 5.52. The number of rotatable bonds is 7. The molecule has 1 aromatic heterocycles. The molecule has 0 aliphatic rings. The van der Waals surface area contributed by atoms with Crippen LogP contribution in [0.5, 0.6) is 0 Å². The average Bonchev–Trinajstić information content (AvgIpc) is 3.02. The van der Waals surface area contributed by atoms with Gasteiger partial charge in [-0.15, -0.1) is 0 Å². The molecule has 6 nitrogen and oxygen atoms in total. The number of hydrogen-bond acceptors (Lipinski definition) is 4. The summed E-state index contributed by atoms with van der Waals surface area (Å²) in [6, 6.07) is 14.7. The third kappa shape index (κ3) is 5.52. The van der Waals surface area contributed by atoms with Gasteiger partial charge in [-0.1, -0.05) is 41.4 Å². The number of benzene rings is 2.